The lowest BCUT2D eigenvalue weighted by molar-refractivity contribution is -0.167. The largest absolute Gasteiger partial charge is 0.462 e. The number of unbranched alkanes of at least 4 members (excludes halogenated alkanes) is 29. The second-order valence-corrected chi connectivity index (χ2v) is 15.7. The van der Waals surface area contributed by atoms with Crippen LogP contribution in [0.2, 0.25) is 0 Å². The van der Waals surface area contributed by atoms with Gasteiger partial charge in [0.25, 0.3) is 0 Å². The van der Waals surface area contributed by atoms with Crippen LogP contribution in [0.1, 0.15) is 252 Å². The average Bonchev–Trinajstić information content (AvgIpc) is 3.15. The van der Waals surface area contributed by atoms with Crippen LogP contribution >= 0.6 is 0 Å². The van der Waals surface area contributed by atoms with Crippen LogP contribution in [-0.2, 0) is 28.6 Å². The SMILES string of the molecule is CCCCCC/C=C\CCCC(=O)OCC(COC(=O)CCCCCCCCCCCCCCCC)OC(=O)CCCCCCCCCCCCCC. The van der Waals surface area contributed by atoms with E-state index in [1.165, 1.54) is 154 Å². The highest BCUT2D eigenvalue weighted by Crippen LogP contribution is 2.15. The van der Waals surface area contributed by atoms with E-state index in [0.29, 0.717) is 19.3 Å². The molecule has 1 unspecified atom stereocenters. The van der Waals surface area contributed by atoms with Crippen molar-refractivity contribution in [3.8, 4) is 0 Å². The summed E-state index contributed by atoms with van der Waals surface area (Å²) in [4.78, 5) is 37.6. The first-order valence-electron chi connectivity index (χ1n) is 23.2. The fourth-order valence-corrected chi connectivity index (χ4v) is 6.74. The van der Waals surface area contributed by atoms with Crippen molar-refractivity contribution in [3.63, 3.8) is 0 Å². The minimum absolute atomic E-state index is 0.0737. The van der Waals surface area contributed by atoms with Gasteiger partial charge in [-0.25, -0.2) is 0 Å². The van der Waals surface area contributed by atoms with Gasteiger partial charge >= 0.3 is 17.9 Å². The summed E-state index contributed by atoms with van der Waals surface area (Å²) >= 11 is 0. The van der Waals surface area contributed by atoms with Crippen LogP contribution in [0.3, 0.4) is 0 Å². The van der Waals surface area contributed by atoms with E-state index in [1.54, 1.807) is 0 Å². The zero-order chi connectivity index (χ0) is 38.7. The molecule has 0 rings (SSSR count). The zero-order valence-electron chi connectivity index (χ0n) is 35.6. The maximum atomic E-state index is 12.7. The summed E-state index contributed by atoms with van der Waals surface area (Å²) in [7, 11) is 0. The normalized spacial score (nSPS) is 12.0. The van der Waals surface area contributed by atoms with Gasteiger partial charge in [0.15, 0.2) is 6.10 Å². The summed E-state index contributed by atoms with van der Waals surface area (Å²) in [6.45, 7) is 6.59. The molecule has 6 heteroatoms. The van der Waals surface area contributed by atoms with Crippen molar-refractivity contribution in [2.24, 2.45) is 0 Å². The molecule has 0 saturated heterocycles. The standard InChI is InChI=1S/C47H88O6/c1-4-7-10-13-16-19-21-23-24-26-28-31-34-37-40-46(49)52-43-44(42-51-45(48)39-36-33-30-27-18-15-12-9-6-3)53-47(50)41-38-35-32-29-25-22-20-17-14-11-8-5-2/h27,30,44H,4-26,28-29,31-43H2,1-3H3/b30-27-. The number of hydrogen-bond donors (Lipinski definition) is 0. The molecule has 0 aromatic carbocycles. The molecule has 6 nitrogen and oxygen atoms in total. The summed E-state index contributed by atoms with van der Waals surface area (Å²) in [6, 6.07) is 0. The number of carbonyl (C=O) groups excluding carboxylic acids is 3. The third kappa shape index (κ3) is 41.2. The minimum Gasteiger partial charge on any atom is -0.462 e. The fourth-order valence-electron chi connectivity index (χ4n) is 6.74. The maximum Gasteiger partial charge on any atom is 0.306 e. The molecule has 312 valence electrons. The van der Waals surface area contributed by atoms with Crippen LogP contribution in [0.5, 0.6) is 0 Å². The Balaban J connectivity index is 4.33. The Morgan fingerprint density at radius 2 is 0.642 bits per heavy atom. The van der Waals surface area contributed by atoms with Crippen molar-refractivity contribution >= 4 is 17.9 Å². The van der Waals surface area contributed by atoms with E-state index in [0.717, 1.165) is 57.8 Å². The summed E-state index contributed by atoms with van der Waals surface area (Å²) < 4.78 is 16.7. The van der Waals surface area contributed by atoms with Crippen LogP contribution in [0, 0.1) is 0 Å². The number of ether oxygens (including phenoxy) is 3. The number of carbonyl (C=O) groups is 3. The van der Waals surface area contributed by atoms with Crippen molar-refractivity contribution < 1.29 is 28.6 Å². The first-order chi connectivity index (χ1) is 26.0. The Morgan fingerprint density at radius 1 is 0.358 bits per heavy atom. The first-order valence-corrected chi connectivity index (χ1v) is 23.2. The Hall–Kier alpha value is -1.85. The smallest absolute Gasteiger partial charge is 0.306 e. The van der Waals surface area contributed by atoms with E-state index in [4.69, 9.17) is 14.2 Å². The Bertz CT molecular complexity index is 824. The van der Waals surface area contributed by atoms with Gasteiger partial charge in [-0.1, -0.05) is 206 Å². The van der Waals surface area contributed by atoms with Crippen molar-refractivity contribution in [1.82, 2.24) is 0 Å². The molecule has 0 bridgehead atoms. The zero-order valence-corrected chi connectivity index (χ0v) is 35.6. The molecule has 0 amide bonds. The van der Waals surface area contributed by atoms with Gasteiger partial charge in [-0.05, 0) is 38.5 Å². The van der Waals surface area contributed by atoms with Gasteiger partial charge in [-0.3, -0.25) is 14.4 Å². The molecular weight excluding hydrogens is 661 g/mol. The number of allylic oxidation sites excluding steroid dienone is 2. The van der Waals surface area contributed by atoms with Gasteiger partial charge < -0.3 is 14.2 Å². The second-order valence-electron chi connectivity index (χ2n) is 15.7. The van der Waals surface area contributed by atoms with E-state index < -0.39 is 6.10 Å². The van der Waals surface area contributed by atoms with Crippen molar-refractivity contribution in [2.45, 2.75) is 258 Å². The summed E-state index contributed by atoms with van der Waals surface area (Å²) in [6.07, 6.45) is 44.8. The highest BCUT2D eigenvalue weighted by molar-refractivity contribution is 5.71. The quantitative estimate of drug-likeness (QED) is 0.0268. The summed E-state index contributed by atoms with van der Waals surface area (Å²) in [5.74, 6) is -0.902. The van der Waals surface area contributed by atoms with Crippen LogP contribution in [0.15, 0.2) is 12.2 Å². The highest BCUT2D eigenvalue weighted by Gasteiger charge is 2.19. The van der Waals surface area contributed by atoms with Gasteiger partial charge in [0.2, 0.25) is 0 Å². The predicted molar refractivity (Wildman–Crippen MR) is 224 cm³/mol. The second kappa shape index (κ2) is 42.9. The van der Waals surface area contributed by atoms with Gasteiger partial charge in [-0.15, -0.1) is 0 Å². The molecule has 0 N–H and O–H groups in total. The monoisotopic (exact) mass is 749 g/mol. The van der Waals surface area contributed by atoms with Crippen LogP contribution in [-0.4, -0.2) is 37.2 Å². The van der Waals surface area contributed by atoms with E-state index in [-0.39, 0.29) is 31.1 Å². The molecule has 0 aliphatic heterocycles. The van der Waals surface area contributed by atoms with Gasteiger partial charge in [0, 0.05) is 19.3 Å². The van der Waals surface area contributed by atoms with E-state index in [9.17, 15) is 14.4 Å². The fraction of sp³-hybridized carbons (Fsp3) is 0.894. The molecule has 0 saturated carbocycles. The molecule has 0 aromatic rings. The lowest BCUT2D eigenvalue weighted by Gasteiger charge is -2.18. The van der Waals surface area contributed by atoms with Crippen molar-refractivity contribution in [2.75, 3.05) is 13.2 Å². The predicted octanol–water partition coefficient (Wildman–Crippen LogP) is 14.6. The molecule has 0 fully saturated rings. The molecule has 0 radical (unpaired) electrons. The van der Waals surface area contributed by atoms with E-state index >= 15 is 0 Å². The molecule has 1 atom stereocenters. The highest BCUT2D eigenvalue weighted by atomic mass is 16.6. The number of hydrogen-bond acceptors (Lipinski definition) is 6. The molecule has 0 spiro atoms. The third-order valence-electron chi connectivity index (χ3n) is 10.3. The van der Waals surface area contributed by atoms with E-state index in [1.807, 2.05) is 0 Å². The average molecular weight is 749 g/mol. The first kappa shape index (κ1) is 51.1. The lowest BCUT2D eigenvalue weighted by atomic mass is 10.0. The van der Waals surface area contributed by atoms with Crippen LogP contribution in [0.25, 0.3) is 0 Å². The third-order valence-corrected chi connectivity index (χ3v) is 10.3. The topological polar surface area (TPSA) is 78.9 Å². The van der Waals surface area contributed by atoms with Gasteiger partial charge in [0.1, 0.15) is 13.2 Å². The molecular formula is C47H88O6. The Labute approximate surface area is 329 Å². The van der Waals surface area contributed by atoms with Crippen molar-refractivity contribution in [1.29, 1.82) is 0 Å². The van der Waals surface area contributed by atoms with Crippen LogP contribution < -0.4 is 0 Å². The number of rotatable bonds is 42. The van der Waals surface area contributed by atoms with Crippen LogP contribution in [0.4, 0.5) is 0 Å². The molecule has 0 aromatic heterocycles. The minimum atomic E-state index is -0.771. The summed E-state index contributed by atoms with van der Waals surface area (Å²) in [5, 5.41) is 0. The molecule has 0 aliphatic carbocycles. The molecule has 0 heterocycles. The molecule has 0 aliphatic rings. The van der Waals surface area contributed by atoms with E-state index in [2.05, 4.69) is 32.9 Å². The van der Waals surface area contributed by atoms with Crippen molar-refractivity contribution in [3.05, 3.63) is 12.2 Å². The lowest BCUT2D eigenvalue weighted by Crippen LogP contribution is -2.30. The summed E-state index contributed by atoms with van der Waals surface area (Å²) in [5.41, 5.74) is 0. The Kier molecular flexibility index (Phi) is 41.4. The maximum absolute atomic E-state index is 12.7. The van der Waals surface area contributed by atoms with Gasteiger partial charge in [-0.2, -0.15) is 0 Å². The Morgan fingerprint density at radius 3 is 1.02 bits per heavy atom. The van der Waals surface area contributed by atoms with Gasteiger partial charge in [0.05, 0.1) is 0 Å². The molecule has 53 heavy (non-hydrogen) atoms. The number of esters is 3.